The molecule has 4 heterocycles. The first-order valence-electron chi connectivity index (χ1n) is 14.6. The Labute approximate surface area is 234 Å². The third kappa shape index (κ3) is 6.81. The average Bonchev–Trinajstić information content (AvgIpc) is 3.63. The molecule has 2 aromatic heterocycles. The number of amides is 2. The maximum absolute atomic E-state index is 12.2. The predicted octanol–water partition coefficient (Wildman–Crippen LogP) is 1.77. The molecule has 4 atom stereocenters. The van der Waals surface area contributed by atoms with Crippen molar-refractivity contribution in [3.8, 4) is 0 Å². The van der Waals surface area contributed by atoms with Gasteiger partial charge >= 0.3 is 6.09 Å². The van der Waals surface area contributed by atoms with E-state index < -0.39 is 30.4 Å². The number of imidazole rings is 1. The number of carbonyl (C=O) groups is 2. The normalized spacial score (nSPS) is 25.0. The predicted molar refractivity (Wildman–Crippen MR) is 147 cm³/mol. The number of anilines is 1. The molecule has 222 valence electrons. The van der Waals surface area contributed by atoms with Gasteiger partial charge in [0.1, 0.15) is 23.5 Å². The van der Waals surface area contributed by atoms with Crippen LogP contribution in [0.3, 0.4) is 0 Å². The quantitative estimate of drug-likeness (QED) is 0.353. The van der Waals surface area contributed by atoms with Crippen molar-refractivity contribution < 1.29 is 29.3 Å². The van der Waals surface area contributed by atoms with Crippen LogP contribution in [0.5, 0.6) is 0 Å². The lowest BCUT2D eigenvalue weighted by atomic mass is 9.91. The molecule has 0 radical (unpaired) electrons. The number of hydrogen-bond donors (Lipinski definition) is 4. The van der Waals surface area contributed by atoms with Crippen molar-refractivity contribution in [3.63, 3.8) is 0 Å². The van der Waals surface area contributed by atoms with Crippen molar-refractivity contribution >= 4 is 29.0 Å². The van der Waals surface area contributed by atoms with Gasteiger partial charge in [0.2, 0.25) is 0 Å². The highest BCUT2D eigenvalue weighted by atomic mass is 16.6. The first-order chi connectivity index (χ1) is 19.4. The van der Waals surface area contributed by atoms with E-state index in [1.54, 1.807) is 6.92 Å². The number of ether oxygens (including phenoxy) is 2. The van der Waals surface area contributed by atoms with Crippen molar-refractivity contribution in [3.05, 3.63) is 12.2 Å². The minimum Gasteiger partial charge on any atom is -0.449 e. The molecule has 2 saturated heterocycles. The van der Waals surface area contributed by atoms with Gasteiger partial charge in [0, 0.05) is 26.1 Å². The molecule has 13 nitrogen and oxygen atoms in total. The summed E-state index contributed by atoms with van der Waals surface area (Å²) in [7, 11) is 0. The Morgan fingerprint density at radius 1 is 1.12 bits per heavy atom. The van der Waals surface area contributed by atoms with E-state index in [2.05, 4.69) is 20.3 Å². The molecule has 0 bridgehead atoms. The van der Waals surface area contributed by atoms with E-state index in [1.165, 1.54) is 10.9 Å². The van der Waals surface area contributed by atoms with Gasteiger partial charge in [-0.1, -0.05) is 13.8 Å². The number of piperidine rings is 1. The van der Waals surface area contributed by atoms with Crippen LogP contribution in [0.15, 0.2) is 6.33 Å². The number of nitrogen functional groups attached to an aromatic ring is 1. The van der Waals surface area contributed by atoms with Gasteiger partial charge in [-0.25, -0.2) is 19.7 Å². The number of nitrogens with zero attached hydrogens (tertiary/aromatic N) is 5. The highest BCUT2D eigenvalue weighted by Crippen LogP contribution is 2.33. The molecular weight excluding hydrogens is 518 g/mol. The third-order valence-corrected chi connectivity index (χ3v) is 7.64. The van der Waals surface area contributed by atoms with Gasteiger partial charge in [0.25, 0.3) is 5.91 Å². The zero-order chi connectivity index (χ0) is 28.8. The molecule has 0 aromatic carbocycles. The van der Waals surface area contributed by atoms with Crippen molar-refractivity contribution in [1.29, 1.82) is 0 Å². The molecule has 2 amide bonds. The second-order valence-electron chi connectivity index (χ2n) is 10.5. The third-order valence-electron chi connectivity index (χ3n) is 7.64. The first-order valence-corrected chi connectivity index (χ1v) is 14.6. The molecule has 5 N–H and O–H groups in total. The Morgan fingerprint density at radius 3 is 2.52 bits per heavy atom. The van der Waals surface area contributed by atoms with Crippen LogP contribution < -0.4 is 11.1 Å². The van der Waals surface area contributed by atoms with Gasteiger partial charge in [-0.2, -0.15) is 0 Å². The standard InChI is InChI=1S/C25H37N7O6.C2H6/c1-2-27-23(35)20-18(33)19(34)24(38-20)32-13-28-17-21(26)29-16(30-22(17)32)5-3-4-14-8-10-31(11-9-14)25(36)37-12-15-6-7-15;1-2/h13-15,18-20,24,33-34H,2-12H2,1H3,(H,27,35)(H2,26,29,30);1-2H3/t18?,19-,20-,24+;/m0./s1. The zero-order valence-electron chi connectivity index (χ0n) is 23.7. The largest absolute Gasteiger partial charge is 0.449 e. The number of aliphatic hydroxyl groups is 2. The second kappa shape index (κ2) is 13.6. The number of aliphatic hydroxyl groups excluding tert-OH is 2. The van der Waals surface area contributed by atoms with Crippen LogP contribution in [0.1, 0.15) is 71.3 Å². The number of fused-ring (bicyclic) bond motifs is 1. The number of carbonyl (C=O) groups excluding carboxylic acids is 2. The van der Waals surface area contributed by atoms with Crippen molar-refractivity contribution in [2.45, 2.75) is 90.3 Å². The Morgan fingerprint density at radius 2 is 1.85 bits per heavy atom. The number of hydrogen-bond acceptors (Lipinski definition) is 10. The smallest absolute Gasteiger partial charge is 0.409 e. The summed E-state index contributed by atoms with van der Waals surface area (Å²) in [5, 5.41) is 23.6. The van der Waals surface area contributed by atoms with Gasteiger partial charge < -0.3 is 35.6 Å². The lowest BCUT2D eigenvalue weighted by Gasteiger charge is -2.31. The van der Waals surface area contributed by atoms with Crippen molar-refractivity contribution in [2.75, 3.05) is 32.0 Å². The minimum absolute atomic E-state index is 0.190. The minimum atomic E-state index is -1.39. The maximum atomic E-state index is 12.2. The number of nitrogens with two attached hydrogens (primary N) is 1. The molecular formula is C27H43N7O6. The maximum Gasteiger partial charge on any atom is 0.409 e. The fourth-order valence-corrected chi connectivity index (χ4v) is 5.18. The number of rotatable bonds is 9. The van der Waals surface area contributed by atoms with Gasteiger partial charge in [-0.05, 0) is 57.3 Å². The molecule has 3 fully saturated rings. The van der Waals surface area contributed by atoms with Crippen molar-refractivity contribution in [2.24, 2.45) is 11.8 Å². The molecule has 0 spiro atoms. The summed E-state index contributed by atoms with van der Waals surface area (Å²) in [4.78, 5) is 39.6. The first kappa shape index (κ1) is 29.9. The van der Waals surface area contributed by atoms with E-state index in [1.807, 2.05) is 18.7 Å². The van der Waals surface area contributed by atoms with E-state index in [-0.39, 0.29) is 11.9 Å². The van der Waals surface area contributed by atoms with Crippen LogP contribution >= 0.6 is 0 Å². The summed E-state index contributed by atoms with van der Waals surface area (Å²) in [6.45, 7) is 8.12. The summed E-state index contributed by atoms with van der Waals surface area (Å²) >= 11 is 0. The van der Waals surface area contributed by atoms with Gasteiger partial charge in [-0.3, -0.25) is 9.36 Å². The van der Waals surface area contributed by atoms with Crippen LogP contribution in [-0.2, 0) is 20.7 Å². The van der Waals surface area contributed by atoms with Gasteiger partial charge in [-0.15, -0.1) is 0 Å². The molecule has 2 aliphatic heterocycles. The topological polar surface area (TPSA) is 178 Å². The summed E-state index contributed by atoms with van der Waals surface area (Å²) < 4.78 is 12.6. The highest BCUT2D eigenvalue weighted by Gasteiger charge is 2.47. The number of likely N-dealkylation sites (N-methyl/N-ethyl adjacent to an activating group) is 1. The Balaban J connectivity index is 0.00000181. The van der Waals surface area contributed by atoms with Crippen LogP contribution in [-0.4, -0.2) is 91.2 Å². The number of likely N-dealkylation sites (tertiary alicyclic amines) is 1. The fourth-order valence-electron chi connectivity index (χ4n) is 5.18. The SMILES string of the molecule is CC.CCNC(=O)[C@H]1O[C@@H](n2cnc3c(N)nc(CCCC4CCN(C(=O)OCC5CC5)CC4)nc32)[C@@H](O)C1O. The van der Waals surface area contributed by atoms with Crippen molar-refractivity contribution in [1.82, 2.24) is 29.7 Å². The van der Waals surface area contributed by atoms with Gasteiger partial charge in [0.15, 0.2) is 23.8 Å². The number of nitrogens with one attached hydrogen (secondary N) is 1. The molecule has 3 aliphatic rings. The summed E-state index contributed by atoms with van der Waals surface area (Å²) in [6, 6.07) is 0. The van der Waals surface area contributed by atoms with E-state index in [0.29, 0.717) is 48.4 Å². The summed E-state index contributed by atoms with van der Waals surface area (Å²) in [5.41, 5.74) is 6.89. The second-order valence-corrected chi connectivity index (χ2v) is 10.5. The highest BCUT2D eigenvalue weighted by molar-refractivity contribution is 5.83. The molecule has 1 saturated carbocycles. The molecule has 2 aromatic rings. The molecule has 1 aliphatic carbocycles. The lowest BCUT2D eigenvalue weighted by molar-refractivity contribution is -0.137. The molecule has 13 heteroatoms. The van der Waals surface area contributed by atoms with Gasteiger partial charge in [0.05, 0.1) is 12.9 Å². The van der Waals surface area contributed by atoms with Crippen LogP contribution in [0, 0.1) is 11.8 Å². The van der Waals surface area contributed by atoms with E-state index in [4.69, 9.17) is 15.2 Å². The van der Waals surface area contributed by atoms with E-state index in [9.17, 15) is 19.8 Å². The Kier molecular flexibility index (Phi) is 10.1. The molecule has 1 unspecified atom stereocenters. The molecule has 40 heavy (non-hydrogen) atoms. The Bertz CT molecular complexity index is 1150. The monoisotopic (exact) mass is 561 g/mol. The lowest BCUT2D eigenvalue weighted by Crippen LogP contribution is -2.42. The Hall–Kier alpha value is -3.03. The summed E-state index contributed by atoms with van der Waals surface area (Å²) in [5.74, 6) is 1.35. The van der Waals surface area contributed by atoms with Crippen LogP contribution in [0.25, 0.3) is 11.2 Å². The summed E-state index contributed by atoms with van der Waals surface area (Å²) in [6.07, 6.45) is 2.89. The van der Waals surface area contributed by atoms with E-state index >= 15 is 0 Å². The number of aryl methyl sites for hydroxylation is 1. The van der Waals surface area contributed by atoms with E-state index in [0.717, 1.165) is 51.6 Å². The van der Waals surface area contributed by atoms with Crippen LogP contribution in [0.2, 0.25) is 0 Å². The van der Waals surface area contributed by atoms with Crippen LogP contribution in [0.4, 0.5) is 10.6 Å². The number of aromatic nitrogens is 4. The zero-order valence-corrected chi connectivity index (χ0v) is 23.7. The average molecular weight is 562 g/mol. The fraction of sp³-hybridized carbons (Fsp3) is 0.741. The molecule has 5 rings (SSSR count).